The van der Waals surface area contributed by atoms with Gasteiger partial charge in [-0.3, -0.25) is 4.90 Å². The average Bonchev–Trinajstić information content (AvgIpc) is 2.81. The second kappa shape index (κ2) is 5.71. The van der Waals surface area contributed by atoms with Crippen LogP contribution in [0.5, 0.6) is 0 Å². The zero-order valence-electron chi connectivity index (χ0n) is 10.6. The van der Waals surface area contributed by atoms with Crippen LogP contribution in [0.3, 0.4) is 0 Å². The van der Waals surface area contributed by atoms with E-state index in [-0.39, 0.29) is 11.6 Å². The Morgan fingerprint density at radius 3 is 2.89 bits per heavy atom. The number of nitrogens with one attached hydrogen (secondary N) is 1. The standard InChI is InChI=1S/C13H17N3O3/c14-5-1-6-15-13(19)16-7-4-9-2-3-10(12(17)18)8-11(9)16/h2-3,8H,1,4-7,14H2,(H,15,19)(H,17,18). The molecular formula is C13H17N3O3. The number of hydrogen-bond acceptors (Lipinski definition) is 3. The molecule has 0 atom stereocenters. The second-order valence-corrected chi connectivity index (χ2v) is 4.42. The molecule has 0 saturated carbocycles. The fourth-order valence-corrected chi connectivity index (χ4v) is 2.12. The molecule has 0 aliphatic carbocycles. The maximum Gasteiger partial charge on any atom is 0.335 e. The maximum absolute atomic E-state index is 12.0. The van der Waals surface area contributed by atoms with Crippen LogP contribution in [0.1, 0.15) is 22.3 Å². The molecule has 0 radical (unpaired) electrons. The predicted molar refractivity (Wildman–Crippen MR) is 71.5 cm³/mol. The largest absolute Gasteiger partial charge is 0.478 e. The van der Waals surface area contributed by atoms with Gasteiger partial charge >= 0.3 is 12.0 Å². The Morgan fingerprint density at radius 1 is 1.42 bits per heavy atom. The molecule has 6 heteroatoms. The number of nitrogens with two attached hydrogens (primary N) is 1. The smallest absolute Gasteiger partial charge is 0.335 e. The lowest BCUT2D eigenvalue weighted by Gasteiger charge is -2.18. The molecule has 1 aliphatic rings. The third-order valence-corrected chi connectivity index (χ3v) is 3.13. The number of fused-ring (bicyclic) bond motifs is 1. The van der Waals surface area contributed by atoms with E-state index in [1.54, 1.807) is 23.1 Å². The number of rotatable bonds is 4. The van der Waals surface area contributed by atoms with E-state index in [1.807, 2.05) is 0 Å². The molecule has 1 heterocycles. The first kappa shape index (κ1) is 13.4. The molecule has 6 nitrogen and oxygen atoms in total. The van der Waals surface area contributed by atoms with Crippen molar-refractivity contribution in [2.45, 2.75) is 12.8 Å². The normalized spacial score (nSPS) is 13.2. The van der Waals surface area contributed by atoms with E-state index in [2.05, 4.69) is 5.32 Å². The zero-order chi connectivity index (χ0) is 13.8. The summed E-state index contributed by atoms with van der Waals surface area (Å²) in [6, 6.07) is 4.69. The van der Waals surface area contributed by atoms with Gasteiger partial charge in [-0.1, -0.05) is 6.07 Å². The van der Waals surface area contributed by atoms with Crippen molar-refractivity contribution in [1.82, 2.24) is 5.32 Å². The summed E-state index contributed by atoms with van der Waals surface area (Å²) in [5, 5.41) is 11.8. The SMILES string of the molecule is NCCCNC(=O)N1CCc2ccc(C(=O)O)cc21. The van der Waals surface area contributed by atoms with E-state index in [0.29, 0.717) is 25.3 Å². The number of carbonyl (C=O) groups excluding carboxylic acids is 1. The Balaban J connectivity index is 2.13. The van der Waals surface area contributed by atoms with Crippen LogP contribution in [0.15, 0.2) is 18.2 Å². The second-order valence-electron chi connectivity index (χ2n) is 4.42. The minimum Gasteiger partial charge on any atom is -0.478 e. The first-order valence-corrected chi connectivity index (χ1v) is 6.25. The predicted octanol–water partition coefficient (Wildman–Crippen LogP) is 0.806. The fourth-order valence-electron chi connectivity index (χ4n) is 2.12. The molecule has 0 aromatic heterocycles. The Kier molecular flexibility index (Phi) is 4.01. The van der Waals surface area contributed by atoms with Gasteiger partial charge < -0.3 is 16.2 Å². The molecule has 102 valence electrons. The highest BCUT2D eigenvalue weighted by molar-refractivity contribution is 5.96. The summed E-state index contributed by atoms with van der Waals surface area (Å²) in [5.41, 5.74) is 7.25. The number of anilines is 1. The van der Waals surface area contributed by atoms with E-state index < -0.39 is 5.97 Å². The maximum atomic E-state index is 12.0. The highest BCUT2D eigenvalue weighted by atomic mass is 16.4. The lowest BCUT2D eigenvalue weighted by molar-refractivity contribution is 0.0697. The van der Waals surface area contributed by atoms with Crippen LogP contribution >= 0.6 is 0 Å². The average molecular weight is 263 g/mol. The summed E-state index contributed by atoms with van der Waals surface area (Å²) in [6.07, 6.45) is 1.47. The van der Waals surface area contributed by atoms with Crippen molar-refractivity contribution in [2.75, 3.05) is 24.5 Å². The molecule has 0 unspecified atom stereocenters. The molecule has 0 spiro atoms. The number of amides is 2. The van der Waals surface area contributed by atoms with Gasteiger partial charge in [0.05, 0.1) is 5.56 Å². The van der Waals surface area contributed by atoms with Crippen molar-refractivity contribution in [1.29, 1.82) is 0 Å². The Morgan fingerprint density at radius 2 is 2.21 bits per heavy atom. The van der Waals surface area contributed by atoms with Crippen molar-refractivity contribution >= 4 is 17.7 Å². The van der Waals surface area contributed by atoms with E-state index in [1.165, 1.54) is 0 Å². The molecule has 0 saturated heterocycles. The zero-order valence-corrected chi connectivity index (χ0v) is 10.6. The lowest BCUT2D eigenvalue weighted by atomic mass is 10.1. The van der Waals surface area contributed by atoms with Gasteiger partial charge in [0, 0.05) is 18.8 Å². The van der Waals surface area contributed by atoms with E-state index in [9.17, 15) is 9.59 Å². The first-order valence-electron chi connectivity index (χ1n) is 6.25. The molecule has 2 amide bonds. The lowest BCUT2D eigenvalue weighted by Crippen LogP contribution is -2.39. The molecule has 2 rings (SSSR count). The highest BCUT2D eigenvalue weighted by Gasteiger charge is 2.25. The molecule has 19 heavy (non-hydrogen) atoms. The Labute approximate surface area is 111 Å². The minimum atomic E-state index is -0.988. The number of carbonyl (C=O) groups is 2. The number of nitrogens with zero attached hydrogens (tertiary/aromatic N) is 1. The van der Waals surface area contributed by atoms with Crippen molar-refractivity contribution in [3.05, 3.63) is 29.3 Å². The topological polar surface area (TPSA) is 95.7 Å². The van der Waals surface area contributed by atoms with E-state index >= 15 is 0 Å². The van der Waals surface area contributed by atoms with Crippen LogP contribution in [-0.2, 0) is 6.42 Å². The van der Waals surface area contributed by atoms with Crippen LogP contribution < -0.4 is 16.0 Å². The summed E-state index contributed by atoms with van der Waals surface area (Å²) in [6.45, 7) is 1.63. The number of carboxylic acids is 1. The molecule has 1 aliphatic heterocycles. The summed E-state index contributed by atoms with van der Waals surface area (Å²) in [4.78, 5) is 24.5. The van der Waals surface area contributed by atoms with Crippen LogP contribution in [0.4, 0.5) is 10.5 Å². The molecule has 0 bridgehead atoms. The van der Waals surface area contributed by atoms with Crippen LogP contribution in [0.25, 0.3) is 0 Å². The van der Waals surface area contributed by atoms with Crippen molar-refractivity contribution < 1.29 is 14.7 Å². The number of aromatic carboxylic acids is 1. The van der Waals surface area contributed by atoms with Gasteiger partial charge in [0.2, 0.25) is 0 Å². The van der Waals surface area contributed by atoms with Crippen molar-refractivity contribution in [3.63, 3.8) is 0 Å². The summed E-state index contributed by atoms with van der Waals surface area (Å²) < 4.78 is 0. The molecule has 4 N–H and O–H groups in total. The van der Waals surface area contributed by atoms with Gasteiger partial charge in [-0.25, -0.2) is 9.59 Å². The van der Waals surface area contributed by atoms with Gasteiger partial charge in [-0.2, -0.15) is 0 Å². The number of benzene rings is 1. The van der Waals surface area contributed by atoms with E-state index in [4.69, 9.17) is 10.8 Å². The molecule has 0 fully saturated rings. The molecular weight excluding hydrogens is 246 g/mol. The molecule has 1 aromatic rings. The number of carboxylic acid groups (broad SMARTS) is 1. The van der Waals surface area contributed by atoms with Crippen molar-refractivity contribution in [3.8, 4) is 0 Å². The number of hydrogen-bond donors (Lipinski definition) is 3. The summed E-state index contributed by atoms with van der Waals surface area (Å²) in [7, 11) is 0. The first-order chi connectivity index (χ1) is 9.13. The van der Waals surface area contributed by atoms with Gasteiger partial charge in [-0.15, -0.1) is 0 Å². The highest BCUT2D eigenvalue weighted by Crippen LogP contribution is 2.29. The van der Waals surface area contributed by atoms with Crippen LogP contribution in [0.2, 0.25) is 0 Å². The van der Waals surface area contributed by atoms with Crippen LogP contribution in [0, 0.1) is 0 Å². The third kappa shape index (κ3) is 2.85. The van der Waals surface area contributed by atoms with Gasteiger partial charge in [-0.05, 0) is 37.1 Å². The summed E-state index contributed by atoms with van der Waals surface area (Å²) >= 11 is 0. The Bertz CT molecular complexity index is 502. The van der Waals surface area contributed by atoms with E-state index in [0.717, 1.165) is 18.4 Å². The molecule has 1 aromatic carbocycles. The van der Waals surface area contributed by atoms with Gasteiger partial charge in [0.1, 0.15) is 0 Å². The number of urea groups is 1. The van der Waals surface area contributed by atoms with Gasteiger partial charge in [0.25, 0.3) is 0 Å². The monoisotopic (exact) mass is 263 g/mol. The minimum absolute atomic E-state index is 0.195. The van der Waals surface area contributed by atoms with Gasteiger partial charge in [0.15, 0.2) is 0 Å². The van der Waals surface area contributed by atoms with Crippen molar-refractivity contribution in [2.24, 2.45) is 5.73 Å². The Hall–Kier alpha value is -2.08. The van der Waals surface area contributed by atoms with Crippen LogP contribution in [-0.4, -0.2) is 36.7 Å². The quantitative estimate of drug-likeness (QED) is 0.700. The fraction of sp³-hybridized carbons (Fsp3) is 0.385. The third-order valence-electron chi connectivity index (χ3n) is 3.13. The summed E-state index contributed by atoms with van der Waals surface area (Å²) in [5.74, 6) is -0.988.